The van der Waals surface area contributed by atoms with Gasteiger partial charge in [-0.3, -0.25) is 4.79 Å². The first-order chi connectivity index (χ1) is 14.2. The molecule has 3 heterocycles. The highest BCUT2D eigenvalue weighted by Gasteiger charge is 2.51. The van der Waals surface area contributed by atoms with Crippen molar-refractivity contribution in [2.75, 3.05) is 6.54 Å². The van der Waals surface area contributed by atoms with E-state index < -0.39 is 0 Å². The zero-order valence-electron chi connectivity index (χ0n) is 18.0. The number of thioether (sulfide) groups is 1. The van der Waals surface area contributed by atoms with Gasteiger partial charge in [-0.15, -0.1) is 0 Å². The van der Waals surface area contributed by atoms with Crippen LogP contribution in [0.15, 0.2) is 44.4 Å². The van der Waals surface area contributed by atoms with Crippen molar-refractivity contribution >= 4 is 28.8 Å². The molecule has 1 aromatic carbocycles. The molecule has 1 amide bonds. The molecule has 6 heteroatoms. The Balaban J connectivity index is 1.26. The van der Waals surface area contributed by atoms with Gasteiger partial charge in [0, 0.05) is 12.6 Å². The van der Waals surface area contributed by atoms with Gasteiger partial charge in [-0.05, 0) is 66.8 Å². The minimum atomic E-state index is 0.0232. The quantitative estimate of drug-likeness (QED) is 0.476. The second-order valence-electron chi connectivity index (χ2n) is 10.2. The van der Waals surface area contributed by atoms with Gasteiger partial charge in [0.1, 0.15) is 11.3 Å². The highest BCUT2D eigenvalue weighted by Crippen LogP contribution is 2.52. The van der Waals surface area contributed by atoms with E-state index in [1.54, 1.807) is 0 Å². The van der Waals surface area contributed by atoms with Gasteiger partial charge in [0.15, 0.2) is 11.3 Å². The van der Waals surface area contributed by atoms with Crippen LogP contribution < -0.4 is 0 Å². The Morgan fingerprint density at radius 1 is 1.20 bits per heavy atom. The lowest BCUT2D eigenvalue weighted by Gasteiger charge is -2.39. The smallest absolute Gasteiger partial charge is 0.289 e. The highest BCUT2D eigenvalue weighted by molar-refractivity contribution is 7.98. The molecule has 2 aliphatic rings. The molecule has 5 nitrogen and oxygen atoms in total. The molecule has 2 aromatic heterocycles. The Kier molecular flexibility index (Phi) is 4.54. The average Bonchev–Trinajstić information content (AvgIpc) is 3.33. The standard InChI is InChI=1S/C24H28N2O3S/c1-15-5-7-19-18(9-15)25-22(29-19)30-12-17-6-8-20(28-17)21(27)26-14-24(4)11-16(26)10-23(2,3)13-24/h5-9,16H,10-14H2,1-4H3/t16-,24-/m0/s1. The van der Waals surface area contributed by atoms with Gasteiger partial charge in [0.2, 0.25) is 0 Å². The number of aromatic nitrogens is 1. The van der Waals surface area contributed by atoms with E-state index in [1.165, 1.54) is 18.2 Å². The van der Waals surface area contributed by atoms with Gasteiger partial charge in [-0.2, -0.15) is 0 Å². The second kappa shape index (κ2) is 6.91. The van der Waals surface area contributed by atoms with Gasteiger partial charge >= 0.3 is 0 Å². The van der Waals surface area contributed by atoms with Crippen molar-refractivity contribution in [1.29, 1.82) is 0 Å². The van der Waals surface area contributed by atoms with Crippen LogP contribution in [0.5, 0.6) is 0 Å². The van der Waals surface area contributed by atoms with Crippen molar-refractivity contribution in [1.82, 2.24) is 9.88 Å². The topological polar surface area (TPSA) is 59.5 Å². The molecule has 30 heavy (non-hydrogen) atoms. The Labute approximate surface area is 181 Å². The van der Waals surface area contributed by atoms with Gasteiger partial charge in [-0.25, -0.2) is 4.98 Å². The summed E-state index contributed by atoms with van der Waals surface area (Å²) < 4.78 is 11.7. The number of fused-ring (bicyclic) bond motifs is 3. The molecule has 3 aromatic rings. The number of likely N-dealkylation sites (tertiary alicyclic amines) is 1. The minimum Gasteiger partial charge on any atom is -0.455 e. The largest absolute Gasteiger partial charge is 0.455 e. The molecule has 158 valence electrons. The third kappa shape index (κ3) is 3.66. The highest BCUT2D eigenvalue weighted by atomic mass is 32.2. The zero-order valence-corrected chi connectivity index (χ0v) is 18.8. The lowest BCUT2D eigenvalue weighted by molar-refractivity contribution is 0.0675. The number of carbonyl (C=O) groups excluding carboxylic acids is 1. The predicted molar refractivity (Wildman–Crippen MR) is 118 cm³/mol. The van der Waals surface area contributed by atoms with Crippen LogP contribution in [0.3, 0.4) is 0 Å². The summed E-state index contributed by atoms with van der Waals surface area (Å²) in [5.41, 5.74) is 3.32. The maximum atomic E-state index is 13.2. The molecular weight excluding hydrogens is 396 g/mol. The van der Waals surface area contributed by atoms with E-state index in [9.17, 15) is 4.79 Å². The summed E-state index contributed by atoms with van der Waals surface area (Å²) in [6.07, 6.45) is 3.34. The number of carbonyl (C=O) groups is 1. The van der Waals surface area contributed by atoms with Crippen molar-refractivity contribution in [2.45, 2.75) is 64.0 Å². The minimum absolute atomic E-state index is 0.0232. The molecule has 0 radical (unpaired) electrons. The van der Waals surface area contributed by atoms with Crippen LogP contribution in [0.4, 0.5) is 0 Å². The number of aryl methyl sites for hydroxylation is 1. The normalized spacial score (nSPS) is 25.2. The summed E-state index contributed by atoms with van der Waals surface area (Å²) in [6, 6.07) is 9.99. The van der Waals surface area contributed by atoms with Gasteiger partial charge in [0.25, 0.3) is 11.1 Å². The first-order valence-electron chi connectivity index (χ1n) is 10.6. The summed E-state index contributed by atoms with van der Waals surface area (Å²) >= 11 is 1.48. The number of oxazole rings is 1. The van der Waals surface area contributed by atoms with Crippen LogP contribution in [0.2, 0.25) is 0 Å². The zero-order chi connectivity index (χ0) is 21.1. The number of benzene rings is 1. The number of amides is 1. The molecule has 2 fully saturated rings. The molecule has 5 rings (SSSR count). The summed E-state index contributed by atoms with van der Waals surface area (Å²) in [4.78, 5) is 19.8. The summed E-state index contributed by atoms with van der Waals surface area (Å²) in [5, 5.41) is 0.614. The SMILES string of the molecule is Cc1ccc2oc(SCc3ccc(C(=O)N4C[C@@]5(C)C[C@@H]4CC(C)(C)C5)o3)nc2c1. The predicted octanol–water partition coefficient (Wildman–Crippen LogP) is 6.06. The average molecular weight is 425 g/mol. The fourth-order valence-corrected chi connectivity index (χ4v) is 6.35. The van der Waals surface area contributed by atoms with Gasteiger partial charge < -0.3 is 13.7 Å². The maximum absolute atomic E-state index is 13.2. The number of hydrogen-bond acceptors (Lipinski definition) is 5. The van der Waals surface area contributed by atoms with Crippen LogP contribution >= 0.6 is 11.8 Å². The molecule has 1 saturated carbocycles. The van der Waals surface area contributed by atoms with E-state index in [2.05, 4.69) is 25.8 Å². The molecule has 0 spiro atoms. The number of furan rings is 1. The van der Waals surface area contributed by atoms with Crippen LogP contribution in [-0.2, 0) is 5.75 Å². The number of nitrogens with zero attached hydrogens (tertiary/aromatic N) is 2. The van der Waals surface area contributed by atoms with Crippen LogP contribution in [0.1, 0.15) is 61.9 Å². The van der Waals surface area contributed by atoms with E-state index >= 15 is 0 Å². The summed E-state index contributed by atoms with van der Waals surface area (Å²) in [7, 11) is 0. The van der Waals surface area contributed by atoms with Crippen molar-refractivity contribution in [3.63, 3.8) is 0 Å². The summed E-state index contributed by atoms with van der Waals surface area (Å²) in [5.74, 6) is 1.80. The third-order valence-electron chi connectivity index (χ3n) is 6.41. The molecule has 2 bridgehead atoms. The first kappa shape index (κ1) is 19.7. The fraction of sp³-hybridized carbons (Fsp3) is 0.500. The molecule has 1 aliphatic heterocycles. The van der Waals surface area contributed by atoms with E-state index in [1.807, 2.05) is 42.2 Å². The van der Waals surface area contributed by atoms with Crippen LogP contribution in [-0.4, -0.2) is 28.4 Å². The van der Waals surface area contributed by atoms with E-state index in [4.69, 9.17) is 8.83 Å². The lowest BCUT2D eigenvalue weighted by Crippen LogP contribution is -2.37. The summed E-state index contributed by atoms with van der Waals surface area (Å²) in [6.45, 7) is 9.83. The van der Waals surface area contributed by atoms with Crippen molar-refractivity contribution in [3.05, 3.63) is 47.4 Å². The first-order valence-corrected chi connectivity index (χ1v) is 11.6. The Bertz CT molecular complexity index is 1110. The number of rotatable bonds is 4. The van der Waals surface area contributed by atoms with Gasteiger partial charge in [-0.1, -0.05) is 38.6 Å². The second-order valence-corrected chi connectivity index (χ2v) is 11.1. The lowest BCUT2D eigenvalue weighted by atomic mass is 9.65. The third-order valence-corrected chi connectivity index (χ3v) is 7.26. The molecular formula is C24H28N2O3S. The van der Waals surface area contributed by atoms with Crippen LogP contribution in [0, 0.1) is 17.8 Å². The van der Waals surface area contributed by atoms with E-state index in [0.29, 0.717) is 22.8 Å². The maximum Gasteiger partial charge on any atom is 0.289 e. The number of hydrogen-bond donors (Lipinski definition) is 0. The van der Waals surface area contributed by atoms with E-state index in [0.717, 1.165) is 41.8 Å². The Morgan fingerprint density at radius 2 is 2.03 bits per heavy atom. The monoisotopic (exact) mass is 424 g/mol. The van der Waals surface area contributed by atoms with E-state index in [-0.39, 0.29) is 16.7 Å². The molecule has 0 unspecified atom stereocenters. The van der Waals surface area contributed by atoms with Crippen molar-refractivity contribution in [3.8, 4) is 0 Å². The molecule has 2 atom stereocenters. The molecule has 0 N–H and O–H groups in total. The Hall–Kier alpha value is -2.21. The fourth-order valence-electron chi connectivity index (χ4n) is 5.62. The molecule has 1 aliphatic carbocycles. The van der Waals surface area contributed by atoms with Crippen molar-refractivity contribution in [2.24, 2.45) is 10.8 Å². The molecule has 1 saturated heterocycles. The van der Waals surface area contributed by atoms with Crippen molar-refractivity contribution < 1.29 is 13.6 Å². The van der Waals surface area contributed by atoms with Gasteiger partial charge in [0.05, 0.1) is 5.75 Å². The van der Waals surface area contributed by atoms with Crippen LogP contribution in [0.25, 0.3) is 11.1 Å². The Morgan fingerprint density at radius 3 is 2.87 bits per heavy atom.